The molecule has 0 aliphatic rings. The average Bonchev–Trinajstić information content (AvgIpc) is 2.68. The van der Waals surface area contributed by atoms with Crippen LogP contribution in [0.2, 0.25) is 0 Å². The molecule has 0 spiro atoms. The third-order valence-corrected chi connectivity index (χ3v) is 4.26. The minimum atomic E-state index is 0.0256. The highest BCUT2D eigenvalue weighted by Gasteiger charge is 2.12. The molecule has 1 aromatic heterocycles. The molecule has 0 aliphatic carbocycles. The molecule has 3 aromatic rings. The Morgan fingerprint density at radius 3 is 2.69 bits per heavy atom. The number of Topliss-reactive ketones (excluding diaryl/α,β-unsaturated/α-hetero) is 1. The Morgan fingerprint density at radius 1 is 1.19 bits per heavy atom. The van der Waals surface area contributed by atoms with Crippen molar-refractivity contribution in [1.82, 2.24) is 4.98 Å². The summed E-state index contributed by atoms with van der Waals surface area (Å²) in [5.41, 5.74) is 4.65. The molecule has 0 atom stereocenters. The molecular weight excluding hydrogens is 324 g/mol. The van der Waals surface area contributed by atoms with Gasteiger partial charge in [0, 0.05) is 35.5 Å². The van der Waals surface area contributed by atoms with Crippen LogP contribution >= 0.6 is 0 Å². The Bertz CT molecular complexity index is 989. The molecule has 3 rings (SSSR count). The Hall–Kier alpha value is -3.45. The molecule has 0 N–H and O–H groups in total. The number of aromatic nitrogens is 1. The molecule has 0 fully saturated rings. The van der Waals surface area contributed by atoms with E-state index in [1.54, 1.807) is 31.6 Å². The van der Waals surface area contributed by atoms with Crippen LogP contribution in [0.5, 0.6) is 5.75 Å². The number of aryl methyl sites for hydroxylation is 1. The third-order valence-electron chi connectivity index (χ3n) is 4.26. The standard InChI is InChI=1S/C22H18N2O2/c1-15-10-17(7-8-22(15)26-2)21(25)12-16-5-6-18(13-23)20(11-16)19-4-3-9-24-14-19/h3-11,14H,12H2,1-2H3. The lowest BCUT2D eigenvalue weighted by molar-refractivity contribution is 0.0993. The topological polar surface area (TPSA) is 63.0 Å². The zero-order valence-electron chi connectivity index (χ0n) is 14.7. The quantitative estimate of drug-likeness (QED) is 0.646. The van der Waals surface area contributed by atoms with E-state index in [2.05, 4.69) is 11.1 Å². The molecule has 0 radical (unpaired) electrons. The van der Waals surface area contributed by atoms with Crippen molar-refractivity contribution in [2.45, 2.75) is 13.3 Å². The number of ketones is 1. The smallest absolute Gasteiger partial charge is 0.167 e. The van der Waals surface area contributed by atoms with E-state index in [9.17, 15) is 10.1 Å². The van der Waals surface area contributed by atoms with Crippen LogP contribution in [0.1, 0.15) is 27.0 Å². The summed E-state index contributed by atoms with van der Waals surface area (Å²) in [6.07, 6.45) is 3.67. The number of methoxy groups -OCH3 is 1. The van der Waals surface area contributed by atoms with Gasteiger partial charge in [0.1, 0.15) is 5.75 Å². The molecule has 4 nitrogen and oxygen atoms in total. The summed E-state index contributed by atoms with van der Waals surface area (Å²) in [6.45, 7) is 1.91. The third kappa shape index (κ3) is 3.62. The zero-order chi connectivity index (χ0) is 18.5. The van der Waals surface area contributed by atoms with Gasteiger partial charge in [0.15, 0.2) is 5.78 Å². The van der Waals surface area contributed by atoms with Crippen molar-refractivity contribution in [3.05, 3.63) is 83.2 Å². The maximum atomic E-state index is 12.7. The number of pyridine rings is 1. The lowest BCUT2D eigenvalue weighted by Crippen LogP contribution is -2.05. The second-order valence-electron chi connectivity index (χ2n) is 6.02. The number of hydrogen-bond donors (Lipinski definition) is 0. The summed E-state index contributed by atoms with van der Waals surface area (Å²) in [5.74, 6) is 0.788. The Labute approximate surface area is 152 Å². The first kappa shape index (κ1) is 17.4. The summed E-state index contributed by atoms with van der Waals surface area (Å²) < 4.78 is 5.24. The summed E-state index contributed by atoms with van der Waals surface area (Å²) in [4.78, 5) is 16.8. The molecular formula is C22H18N2O2. The molecule has 0 amide bonds. The van der Waals surface area contributed by atoms with Gasteiger partial charge < -0.3 is 4.74 Å². The predicted octanol–water partition coefficient (Wildman–Crippen LogP) is 4.36. The van der Waals surface area contributed by atoms with E-state index >= 15 is 0 Å². The highest BCUT2D eigenvalue weighted by molar-refractivity contribution is 5.98. The zero-order valence-corrected chi connectivity index (χ0v) is 14.7. The first-order valence-corrected chi connectivity index (χ1v) is 8.23. The van der Waals surface area contributed by atoms with Crippen LogP contribution in [-0.4, -0.2) is 17.9 Å². The number of ether oxygens (including phenoxy) is 1. The normalized spacial score (nSPS) is 10.2. The van der Waals surface area contributed by atoms with Crippen molar-refractivity contribution in [1.29, 1.82) is 5.26 Å². The molecule has 4 heteroatoms. The highest BCUT2D eigenvalue weighted by Crippen LogP contribution is 2.25. The van der Waals surface area contributed by atoms with Gasteiger partial charge in [0.2, 0.25) is 0 Å². The Morgan fingerprint density at radius 2 is 2.04 bits per heavy atom. The number of nitrogens with zero attached hydrogens (tertiary/aromatic N) is 2. The predicted molar refractivity (Wildman–Crippen MR) is 100 cm³/mol. The molecule has 2 aromatic carbocycles. The number of carbonyl (C=O) groups is 1. The molecule has 0 aliphatic heterocycles. The number of nitriles is 1. The fourth-order valence-corrected chi connectivity index (χ4v) is 2.90. The second kappa shape index (κ2) is 7.62. The van der Waals surface area contributed by atoms with E-state index < -0.39 is 0 Å². The lowest BCUT2D eigenvalue weighted by atomic mass is 9.95. The van der Waals surface area contributed by atoms with Gasteiger partial charge >= 0.3 is 0 Å². The first-order valence-electron chi connectivity index (χ1n) is 8.23. The number of benzene rings is 2. The van der Waals surface area contributed by atoms with Gasteiger partial charge in [-0.3, -0.25) is 9.78 Å². The van der Waals surface area contributed by atoms with Crippen molar-refractivity contribution in [2.24, 2.45) is 0 Å². The first-order chi connectivity index (χ1) is 12.6. The maximum Gasteiger partial charge on any atom is 0.167 e. The number of hydrogen-bond acceptors (Lipinski definition) is 4. The number of carbonyl (C=O) groups excluding carboxylic acids is 1. The van der Waals surface area contributed by atoms with Crippen LogP contribution < -0.4 is 4.74 Å². The molecule has 128 valence electrons. The number of rotatable bonds is 5. The van der Waals surface area contributed by atoms with Gasteiger partial charge in [-0.05, 0) is 54.4 Å². The SMILES string of the molecule is COc1ccc(C(=O)Cc2ccc(C#N)c(-c3cccnc3)c2)cc1C. The van der Waals surface area contributed by atoms with Crippen molar-refractivity contribution in [3.8, 4) is 22.9 Å². The minimum Gasteiger partial charge on any atom is -0.496 e. The summed E-state index contributed by atoms with van der Waals surface area (Å²) in [5, 5.41) is 9.36. The Balaban J connectivity index is 1.90. The molecule has 26 heavy (non-hydrogen) atoms. The fraction of sp³-hybridized carbons (Fsp3) is 0.136. The van der Waals surface area contributed by atoms with Crippen LogP contribution in [0.25, 0.3) is 11.1 Å². The molecule has 0 saturated heterocycles. The van der Waals surface area contributed by atoms with Gasteiger partial charge in [-0.2, -0.15) is 5.26 Å². The van der Waals surface area contributed by atoms with Crippen molar-refractivity contribution in [3.63, 3.8) is 0 Å². The molecule has 0 bridgehead atoms. The van der Waals surface area contributed by atoms with Crippen molar-refractivity contribution >= 4 is 5.78 Å². The second-order valence-corrected chi connectivity index (χ2v) is 6.02. The average molecular weight is 342 g/mol. The van der Waals surface area contributed by atoms with Gasteiger partial charge in [0.05, 0.1) is 18.7 Å². The van der Waals surface area contributed by atoms with E-state index in [1.165, 1.54) is 0 Å². The largest absolute Gasteiger partial charge is 0.496 e. The van der Waals surface area contributed by atoms with Crippen molar-refractivity contribution < 1.29 is 9.53 Å². The van der Waals surface area contributed by atoms with Crippen LogP contribution in [-0.2, 0) is 6.42 Å². The van der Waals surface area contributed by atoms with Crippen molar-refractivity contribution in [2.75, 3.05) is 7.11 Å². The van der Waals surface area contributed by atoms with Gasteiger partial charge in [-0.15, -0.1) is 0 Å². The lowest BCUT2D eigenvalue weighted by Gasteiger charge is -2.09. The monoisotopic (exact) mass is 342 g/mol. The van der Waals surface area contributed by atoms with Crippen LogP contribution in [0.3, 0.4) is 0 Å². The van der Waals surface area contributed by atoms with E-state index in [1.807, 2.05) is 43.3 Å². The van der Waals surface area contributed by atoms with E-state index in [-0.39, 0.29) is 12.2 Å². The van der Waals surface area contributed by atoms with E-state index in [0.717, 1.165) is 28.0 Å². The minimum absolute atomic E-state index is 0.0256. The summed E-state index contributed by atoms with van der Waals surface area (Å²) in [7, 11) is 1.61. The molecule has 0 unspecified atom stereocenters. The molecule has 1 heterocycles. The fourth-order valence-electron chi connectivity index (χ4n) is 2.90. The Kier molecular flexibility index (Phi) is 5.09. The van der Waals surface area contributed by atoms with E-state index in [4.69, 9.17) is 4.74 Å². The molecule has 0 saturated carbocycles. The van der Waals surface area contributed by atoms with Gasteiger partial charge in [-0.1, -0.05) is 12.1 Å². The van der Waals surface area contributed by atoms with E-state index in [0.29, 0.717) is 11.1 Å². The highest BCUT2D eigenvalue weighted by atomic mass is 16.5. The van der Waals surface area contributed by atoms with Crippen LogP contribution in [0, 0.1) is 18.3 Å². The summed E-state index contributed by atoms with van der Waals surface area (Å²) in [6, 6.07) is 16.8. The maximum absolute atomic E-state index is 12.7. The van der Waals surface area contributed by atoms with Crippen LogP contribution in [0.4, 0.5) is 0 Å². The van der Waals surface area contributed by atoms with Crippen LogP contribution in [0.15, 0.2) is 60.9 Å². The van der Waals surface area contributed by atoms with Gasteiger partial charge in [0.25, 0.3) is 0 Å². The van der Waals surface area contributed by atoms with Gasteiger partial charge in [-0.25, -0.2) is 0 Å². The summed E-state index contributed by atoms with van der Waals surface area (Å²) >= 11 is 0.